The average Bonchev–Trinajstić information content (AvgIpc) is 2.57. The van der Waals surface area contributed by atoms with Gasteiger partial charge in [-0.15, -0.1) is 0 Å². The molecule has 1 aromatic carbocycles. The zero-order chi connectivity index (χ0) is 18.9. The topological polar surface area (TPSA) is 87.0 Å². The smallest absolute Gasteiger partial charge is 0.338 e. The predicted molar refractivity (Wildman–Crippen MR) is 100 cm³/mol. The van der Waals surface area contributed by atoms with Gasteiger partial charge in [-0.1, -0.05) is 12.1 Å². The van der Waals surface area contributed by atoms with Crippen molar-refractivity contribution in [2.75, 3.05) is 0 Å². The molecule has 0 saturated carbocycles. The Balaban J connectivity index is 1.83. The molecular weight excluding hydrogens is 400 g/mol. The van der Waals surface area contributed by atoms with Gasteiger partial charge in [0.2, 0.25) is 0 Å². The molecule has 0 radical (unpaired) electrons. The van der Waals surface area contributed by atoms with Crippen molar-refractivity contribution >= 4 is 32.9 Å². The van der Waals surface area contributed by atoms with Crippen molar-refractivity contribution in [1.82, 2.24) is 19.7 Å². The number of carbonyl (C=O) groups excluding carboxylic acids is 1. The Bertz CT molecular complexity index is 1020. The molecule has 0 aliphatic rings. The Morgan fingerprint density at radius 2 is 1.88 bits per heavy atom. The molecule has 0 atom stereocenters. The van der Waals surface area contributed by atoms with Crippen LogP contribution in [0.1, 0.15) is 36.7 Å². The number of hydrogen-bond acceptors (Lipinski definition) is 6. The van der Waals surface area contributed by atoms with Crippen LogP contribution < -0.4 is 5.56 Å². The van der Waals surface area contributed by atoms with E-state index < -0.39 is 5.60 Å². The SMILES string of the molecule is CC(C)(C)OC(=O)c1ccc(Cn2ncc3ncc(Br)nc3c2=O)cc1. The second-order valence-electron chi connectivity index (χ2n) is 6.73. The molecule has 0 bridgehead atoms. The molecule has 8 heteroatoms. The van der Waals surface area contributed by atoms with Gasteiger partial charge in [-0.3, -0.25) is 4.79 Å². The van der Waals surface area contributed by atoms with Gasteiger partial charge < -0.3 is 4.74 Å². The second kappa shape index (κ2) is 6.95. The number of nitrogens with zero attached hydrogens (tertiary/aromatic N) is 4. The quantitative estimate of drug-likeness (QED) is 0.609. The summed E-state index contributed by atoms with van der Waals surface area (Å²) in [4.78, 5) is 32.9. The van der Waals surface area contributed by atoms with Gasteiger partial charge in [0.15, 0.2) is 5.52 Å². The van der Waals surface area contributed by atoms with E-state index in [2.05, 4.69) is 31.0 Å². The highest BCUT2D eigenvalue weighted by molar-refractivity contribution is 9.10. The van der Waals surface area contributed by atoms with E-state index in [0.717, 1.165) is 5.56 Å². The van der Waals surface area contributed by atoms with Gasteiger partial charge in [0.05, 0.1) is 24.5 Å². The zero-order valence-corrected chi connectivity index (χ0v) is 16.1. The molecule has 2 aromatic heterocycles. The van der Waals surface area contributed by atoms with Crippen LogP contribution in [0.25, 0.3) is 11.0 Å². The summed E-state index contributed by atoms with van der Waals surface area (Å²) in [6.07, 6.45) is 3.02. The highest BCUT2D eigenvalue weighted by atomic mass is 79.9. The predicted octanol–water partition coefficient (Wildman–Crippen LogP) is 2.95. The van der Waals surface area contributed by atoms with Crippen molar-refractivity contribution in [3.05, 3.63) is 62.7 Å². The number of esters is 1. The number of halogens is 1. The second-order valence-corrected chi connectivity index (χ2v) is 7.55. The third-order valence-corrected chi connectivity index (χ3v) is 3.83. The molecule has 2 heterocycles. The van der Waals surface area contributed by atoms with E-state index in [1.54, 1.807) is 24.3 Å². The lowest BCUT2D eigenvalue weighted by Gasteiger charge is -2.19. The number of carbonyl (C=O) groups is 1. The van der Waals surface area contributed by atoms with Crippen LogP contribution in [0.5, 0.6) is 0 Å². The van der Waals surface area contributed by atoms with Crippen LogP contribution in [-0.4, -0.2) is 31.3 Å². The van der Waals surface area contributed by atoms with Crippen molar-refractivity contribution in [1.29, 1.82) is 0 Å². The molecule has 3 aromatic rings. The molecule has 7 nitrogen and oxygen atoms in total. The third kappa shape index (κ3) is 4.13. The normalized spacial score (nSPS) is 11.5. The fourth-order valence-electron chi connectivity index (χ4n) is 2.30. The van der Waals surface area contributed by atoms with E-state index in [1.807, 2.05) is 20.8 Å². The maximum absolute atomic E-state index is 12.5. The van der Waals surface area contributed by atoms with Crippen molar-refractivity contribution < 1.29 is 9.53 Å². The van der Waals surface area contributed by atoms with E-state index in [4.69, 9.17) is 4.74 Å². The molecule has 0 fully saturated rings. The average molecular weight is 417 g/mol. The van der Waals surface area contributed by atoms with Gasteiger partial charge >= 0.3 is 5.97 Å². The number of fused-ring (bicyclic) bond motifs is 1. The molecular formula is C18H17BrN4O3. The Kier molecular flexibility index (Phi) is 4.86. The van der Waals surface area contributed by atoms with Crippen LogP contribution in [0.4, 0.5) is 0 Å². The van der Waals surface area contributed by atoms with Crippen LogP contribution in [0.15, 0.2) is 46.1 Å². The molecule has 0 aliphatic heterocycles. The van der Waals surface area contributed by atoms with Gasteiger partial charge in [-0.25, -0.2) is 19.4 Å². The molecule has 134 valence electrons. The van der Waals surface area contributed by atoms with Crippen LogP contribution in [0, 0.1) is 0 Å². The first-order valence-electron chi connectivity index (χ1n) is 7.93. The highest BCUT2D eigenvalue weighted by Crippen LogP contribution is 2.13. The molecule has 3 rings (SSSR count). The first-order valence-corrected chi connectivity index (χ1v) is 8.73. The summed E-state index contributed by atoms with van der Waals surface area (Å²) < 4.78 is 7.13. The summed E-state index contributed by atoms with van der Waals surface area (Å²) in [7, 11) is 0. The minimum Gasteiger partial charge on any atom is -0.456 e. The lowest BCUT2D eigenvalue weighted by molar-refractivity contribution is 0.00695. The van der Waals surface area contributed by atoms with Crippen molar-refractivity contribution in [2.24, 2.45) is 0 Å². The lowest BCUT2D eigenvalue weighted by Crippen LogP contribution is -2.25. The molecule has 0 saturated heterocycles. The Labute approximate surface area is 158 Å². The minimum atomic E-state index is -0.548. The summed E-state index contributed by atoms with van der Waals surface area (Å²) in [5.41, 5.74) is 1.10. The van der Waals surface area contributed by atoms with E-state index in [-0.39, 0.29) is 23.6 Å². The molecule has 26 heavy (non-hydrogen) atoms. The maximum Gasteiger partial charge on any atom is 0.338 e. The summed E-state index contributed by atoms with van der Waals surface area (Å²) in [5.74, 6) is -0.384. The summed E-state index contributed by atoms with van der Waals surface area (Å²) in [5, 5.41) is 4.13. The van der Waals surface area contributed by atoms with Gasteiger partial charge in [-0.05, 0) is 54.4 Å². The third-order valence-electron chi connectivity index (χ3n) is 3.45. The van der Waals surface area contributed by atoms with E-state index in [0.29, 0.717) is 15.7 Å². The standard InChI is InChI=1S/C18H17BrN4O3/c1-18(2,3)26-17(25)12-6-4-11(5-7-12)10-23-16(24)15-13(8-21-23)20-9-14(19)22-15/h4-9H,10H2,1-3H3. The van der Waals surface area contributed by atoms with Gasteiger partial charge in [0, 0.05) is 0 Å². The van der Waals surface area contributed by atoms with E-state index in [1.165, 1.54) is 17.1 Å². The number of rotatable bonds is 3. The first-order chi connectivity index (χ1) is 12.2. The van der Waals surface area contributed by atoms with Crippen LogP contribution in [0.2, 0.25) is 0 Å². The largest absolute Gasteiger partial charge is 0.456 e. The van der Waals surface area contributed by atoms with Crippen molar-refractivity contribution in [3.8, 4) is 0 Å². The number of ether oxygens (including phenoxy) is 1. The Morgan fingerprint density at radius 3 is 2.54 bits per heavy atom. The maximum atomic E-state index is 12.5. The van der Waals surface area contributed by atoms with E-state index in [9.17, 15) is 9.59 Å². The van der Waals surface area contributed by atoms with Crippen molar-refractivity contribution in [2.45, 2.75) is 32.9 Å². The Morgan fingerprint density at radius 1 is 1.19 bits per heavy atom. The molecule has 0 spiro atoms. The van der Waals surface area contributed by atoms with Gasteiger partial charge in [0.25, 0.3) is 5.56 Å². The lowest BCUT2D eigenvalue weighted by atomic mass is 10.1. The van der Waals surface area contributed by atoms with Crippen LogP contribution >= 0.6 is 15.9 Å². The summed E-state index contributed by atoms with van der Waals surface area (Å²) in [6.45, 7) is 5.71. The number of hydrogen-bond donors (Lipinski definition) is 0. The van der Waals surface area contributed by atoms with E-state index >= 15 is 0 Å². The summed E-state index contributed by atoms with van der Waals surface area (Å²) in [6, 6.07) is 6.88. The van der Waals surface area contributed by atoms with Gasteiger partial charge in [-0.2, -0.15) is 5.10 Å². The fourth-order valence-corrected chi connectivity index (χ4v) is 2.58. The monoisotopic (exact) mass is 416 g/mol. The van der Waals surface area contributed by atoms with Crippen LogP contribution in [-0.2, 0) is 11.3 Å². The Hall–Kier alpha value is -2.61. The van der Waals surface area contributed by atoms with Crippen molar-refractivity contribution in [3.63, 3.8) is 0 Å². The molecule has 0 N–H and O–H groups in total. The molecule has 0 unspecified atom stereocenters. The molecule has 0 aliphatic carbocycles. The number of aromatic nitrogens is 4. The zero-order valence-electron chi connectivity index (χ0n) is 14.6. The minimum absolute atomic E-state index is 0.250. The fraction of sp³-hybridized carbons (Fsp3) is 0.278. The number of benzene rings is 1. The molecule has 0 amide bonds. The van der Waals surface area contributed by atoms with Gasteiger partial charge in [0.1, 0.15) is 15.7 Å². The summed E-state index contributed by atoms with van der Waals surface area (Å²) >= 11 is 3.21. The highest BCUT2D eigenvalue weighted by Gasteiger charge is 2.17. The first kappa shape index (κ1) is 18.2. The van der Waals surface area contributed by atoms with Crippen LogP contribution in [0.3, 0.4) is 0 Å².